The lowest BCUT2D eigenvalue weighted by Crippen LogP contribution is -2.68. The molecule has 0 aromatic rings. The van der Waals surface area contributed by atoms with Crippen molar-refractivity contribution < 1.29 is 28.6 Å². The van der Waals surface area contributed by atoms with Crippen molar-refractivity contribution in [3.05, 3.63) is 23.8 Å². The van der Waals surface area contributed by atoms with Crippen molar-refractivity contribution in [3.8, 4) is 0 Å². The van der Waals surface area contributed by atoms with Crippen LogP contribution in [0.4, 0.5) is 4.39 Å². The number of ether oxygens (including phenoxy) is 1. The predicted molar refractivity (Wildman–Crippen MR) is 116 cm³/mol. The first kappa shape index (κ1) is 22.8. The van der Waals surface area contributed by atoms with Gasteiger partial charge in [0.2, 0.25) is 0 Å². The number of fused-ring (bicyclic) bond motifs is 5. The number of carbonyl (C=O) groups excluding carboxylic acids is 3. The molecule has 7 heteroatoms. The quantitative estimate of drug-likeness (QED) is 0.473. The lowest BCUT2D eigenvalue weighted by atomic mass is 9.45. The van der Waals surface area contributed by atoms with Crippen LogP contribution in [0.5, 0.6) is 0 Å². The summed E-state index contributed by atoms with van der Waals surface area (Å²) < 4.78 is 21.1. The van der Waals surface area contributed by atoms with Crippen LogP contribution in [0, 0.1) is 28.6 Å². The Hall–Kier alpha value is -1.34. The summed E-state index contributed by atoms with van der Waals surface area (Å²) in [6.45, 7) is 6.62. The molecule has 3 saturated carbocycles. The van der Waals surface area contributed by atoms with Crippen molar-refractivity contribution in [1.29, 1.82) is 0 Å². The smallest absolute Gasteiger partial charge is 0.303 e. The van der Waals surface area contributed by atoms with Crippen LogP contribution in [-0.4, -0.2) is 45.3 Å². The molecule has 0 spiro atoms. The fourth-order valence-electron chi connectivity index (χ4n) is 7.38. The van der Waals surface area contributed by atoms with E-state index >= 15 is 4.39 Å². The van der Waals surface area contributed by atoms with E-state index in [0.717, 1.165) is 5.57 Å². The third-order valence-electron chi connectivity index (χ3n) is 8.96. The van der Waals surface area contributed by atoms with E-state index < -0.39 is 38.8 Å². The second kappa shape index (κ2) is 7.08. The van der Waals surface area contributed by atoms with E-state index in [1.54, 1.807) is 13.0 Å². The molecule has 0 aromatic carbocycles. The standard InChI is InChI=1S/C24H30BrFO5/c1-13-9-18-17-6-5-15-10-16(28)7-8-21(15,3)24(17,26)19(29)11-22(18,4)23(13,25)20(30)12-31-14(2)27/h7-8,10,13,17-19,29H,5-6,9,11-12H2,1-4H3/t13-,17+,18+,19+,21+,22+,23+,24?/m1/s1. The van der Waals surface area contributed by atoms with E-state index in [-0.39, 0.29) is 36.4 Å². The highest BCUT2D eigenvalue weighted by Gasteiger charge is 2.75. The molecule has 170 valence electrons. The van der Waals surface area contributed by atoms with Crippen molar-refractivity contribution in [2.75, 3.05) is 6.61 Å². The number of alkyl halides is 2. The van der Waals surface area contributed by atoms with Crippen molar-refractivity contribution in [2.24, 2.45) is 28.6 Å². The first-order chi connectivity index (χ1) is 14.3. The van der Waals surface area contributed by atoms with Crippen molar-refractivity contribution in [1.82, 2.24) is 0 Å². The fourth-order valence-corrected chi connectivity index (χ4v) is 8.14. The van der Waals surface area contributed by atoms with Crippen molar-refractivity contribution >= 4 is 33.5 Å². The molecular formula is C24H30BrFO5. The summed E-state index contributed by atoms with van der Waals surface area (Å²) in [5.74, 6) is -1.63. The Morgan fingerprint density at radius 2 is 2.00 bits per heavy atom. The Labute approximate surface area is 190 Å². The molecular weight excluding hydrogens is 467 g/mol. The van der Waals surface area contributed by atoms with Crippen molar-refractivity contribution in [2.45, 2.75) is 69.5 Å². The highest BCUT2D eigenvalue weighted by Crippen LogP contribution is 2.72. The summed E-state index contributed by atoms with van der Waals surface area (Å²) in [6, 6.07) is 0. The van der Waals surface area contributed by atoms with Crippen LogP contribution in [0.15, 0.2) is 23.8 Å². The van der Waals surface area contributed by atoms with Gasteiger partial charge in [0.05, 0.1) is 10.4 Å². The van der Waals surface area contributed by atoms with E-state index in [1.807, 2.05) is 13.8 Å². The maximum absolute atomic E-state index is 17.1. The van der Waals surface area contributed by atoms with Gasteiger partial charge in [-0.05, 0) is 62.0 Å². The number of esters is 1. The molecule has 1 N–H and O–H groups in total. The molecule has 0 bridgehead atoms. The van der Waals surface area contributed by atoms with E-state index in [1.165, 1.54) is 19.1 Å². The van der Waals surface area contributed by atoms with Crippen LogP contribution in [0.2, 0.25) is 0 Å². The molecule has 4 aliphatic rings. The van der Waals surface area contributed by atoms with Crippen LogP contribution in [-0.2, 0) is 19.1 Å². The molecule has 3 fully saturated rings. The minimum atomic E-state index is -1.92. The zero-order valence-corrected chi connectivity index (χ0v) is 20.0. The summed E-state index contributed by atoms with van der Waals surface area (Å²) in [6.07, 6.45) is 5.11. The monoisotopic (exact) mass is 496 g/mol. The van der Waals surface area contributed by atoms with Gasteiger partial charge in [0.15, 0.2) is 23.8 Å². The zero-order valence-electron chi connectivity index (χ0n) is 18.4. The average Bonchev–Trinajstić information content (AvgIpc) is 2.89. The number of Topliss-reactive ketones (excluding diaryl/α,β-unsaturated/α-hetero) is 1. The van der Waals surface area contributed by atoms with Gasteiger partial charge in [-0.2, -0.15) is 0 Å². The summed E-state index contributed by atoms with van der Waals surface area (Å²) in [7, 11) is 0. The lowest BCUT2D eigenvalue weighted by Gasteiger charge is -2.62. The van der Waals surface area contributed by atoms with E-state index in [0.29, 0.717) is 19.3 Å². The Morgan fingerprint density at radius 1 is 1.32 bits per heavy atom. The normalized spacial score (nSPS) is 48.4. The Balaban J connectivity index is 1.76. The van der Waals surface area contributed by atoms with Gasteiger partial charge in [-0.3, -0.25) is 14.4 Å². The summed E-state index contributed by atoms with van der Waals surface area (Å²) in [5.41, 5.74) is -2.93. The number of aliphatic hydroxyl groups is 1. The maximum Gasteiger partial charge on any atom is 0.303 e. The Bertz CT molecular complexity index is 914. The molecule has 0 saturated heterocycles. The van der Waals surface area contributed by atoms with Gasteiger partial charge in [0.25, 0.3) is 0 Å². The minimum absolute atomic E-state index is 0.108. The molecule has 4 rings (SSSR count). The average molecular weight is 497 g/mol. The van der Waals surface area contributed by atoms with E-state index in [9.17, 15) is 19.5 Å². The van der Waals surface area contributed by atoms with Gasteiger partial charge in [-0.15, -0.1) is 0 Å². The van der Waals surface area contributed by atoms with Gasteiger partial charge in [-0.1, -0.05) is 41.4 Å². The van der Waals surface area contributed by atoms with E-state index in [2.05, 4.69) is 15.9 Å². The molecule has 0 aliphatic heterocycles. The third kappa shape index (κ3) is 2.78. The number of allylic oxidation sites excluding steroid dienone is 4. The lowest BCUT2D eigenvalue weighted by molar-refractivity contribution is -0.193. The summed E-state index contributed by atoms with van der Waals surface area (Å²) in [4.78, 5) is 36.5. The highest BCUT2D eigenvalue weighted by atomic mass is 79.9. The largest absolute Gasteiger partial charge is 0.458 e. The molecule has 1 unspecified atom stereocenters. The number of carbonyl (C=O) groups is 3. The second-order valence-corrected chi connectivity index (χ2v) is 11.6. The number of ketones is 2. The third-order valence-corrected chi connectivity index (χ3v) is 11.1. The topological polar surface area (TPSA) is 80.7 Å². The molecule has 31 heavy (non-hydrogen) atoms. The van der Waals surface area contributed by atoms with Crippen LogP contribution >= 0.6 is 15.9 Å². The van der Waals surface area contributed by atoms with Crippen LogP contribution < -0.4 is 0 Å². The molecule has 5 nitrogen and oxygen atoms in total. The van der Waals surface area contributed by atoms with Gasteiger partial charge in [0.1, 0.15) is 0 Å². The second-order valence-electron chi connectivity index (χ2n) is 10.3. The summed E-state index contributed by atoms with van der Waals surface area (Å²) >= 11 is 3.73. The molecule has 0 amide bonds. The van der Waals surface area contributed by atoms with Crippen molar-refractivity contribution in [3.63, 3.8) is 0 Å². The molecule has 0 heterocycles. The zero-order chi connectivity index (χ0) is 23.0. The van der Waals surface area contributed by atoms with Crippen LogP contribution in [0.1, 0.15) is 53.4 Å². The molecule has 8 atom stereocenters. The highest BCUT2D eigenvalue weighted by molar-refractivity contribution is 9.10. The maximum atomic E-state index is 17.1. The van der Waals surface area contributed by atoms with Gasteiger partial charge >= 0.3 is 5.97 Å². The van der Waals surface area contributed by atoms with E-state index in [4.69, 9.17) is 4.74 Å². The molecule has 0 aromatic heterocycles. The molecule has 4 aliphatic carbocycles. The van der Waals surface area contributed by atoms with Gasteiger partial charge in [-0.25, -0.2) is 4.39 Å². The van der Waals surface area contributed by atoms with Crippen LogP contribution in [0.3, 0.4) is 0 Å². The first-order valence-corrected chi connectivity index (χ1v) is 11.8. The fraction of sp³-hybridized carbons (Fsp3) is 0.708. The Kier molecular flexibility index (Phi) is 5.21. The number of hydrogen-bond acceptors (Lipinski definition) is 5. The number of halogens is 2. The first-order valence-electron chi connectivity index (χ1n) is 11.0. The van der Waals surface area contributed by atoms with Gasteiger partial charge in [0, 0.05) is 18.3 Å². The number of aliphatic hydroxyl groups excluding tert-OH is 1. The van der Waals surface area contributed by atoms with Gasteiger partial charge < -0.3 is 9.84 Å². The SMILES string of the molecule is CC(=O)OCC(=O)[C@@]1(Br)[C@H](C)C[C@H]2[C@@H]3CCC4=CC(=O)C=C[C@]4(C)C3(F)[C@@H](O)C[C@@]21C. The predicted octanol–water partition coefficient (Wildman–Crippen LogP) is 3.87. The molecule has 0 radical (unpaired) electrons. The van der Waals surface area contributed by atoms with Crippen LogP contribution in [0.25, 0.3) is 0 Å². The number of rotatable bonds is 3. The minimum Gasteiger partial charge on any atom is -0.458 e. The number of hydrogen-bond donors (Lipinski definition) is 1. The Morgan fingerprint density at radius 3 is 2.65 bits per heavy atom. The summed E-state index contributed by atoms with van der Waals surface area (Å²) in [5, 5.41) is 11.3.